The molecule has 7 heteroatoms. The molecule has 3 aliphatic rings. The first kappa shape index (κ1) is 18.9. The van der Waals surface area contributed by atoms with E-state index in [-0.39, 0.29) is 17.9 Å². The number of benzene rings is 1. The minimum atomic E-state index is -0.726. The van der Waals surface area contributed by atoms with Crippen LogP contribution in [-0.2, 0) is 20.9 Å². The lowest BCUT2D eigenvalue weighted by Gasteiger charge is -2.27. The van der Waals surface area contributed by atoms with E-state index in [1.807, 2.05) is 44.2 Å². The number of anilines is 1. The van der Waals surface area contributed by atoms with Crippen LogP contribution in [0.5, 0.6) is 0 Å². The molecule has 3 aliphatic heterocycles. The lowest BCUT2D eigenvalue weighted by molar-refractivity contribution is -0.139. The van der Waals surface area contributed by atoms with Gasteiger partial charge in [0.2, 0.25) is 11.8 Å². The second-order valence-electron chi connectivity index (χ2n) is 8.49. The molecule has 1 spiro atoms. The molecule has 4 atom stereocenters. The molecule has 0 unspecified atom stereocenters. The van der Waals surface area contributed by atoms with Gasteiger partial charge in [0.15, 0.2) is 0 Å². The number of ether oxygens (including phenoxy) is 1. The molecule has 0 aliphatic carbocycles. The zero-order chi connectivity index (χ0) is 21.0. The smallest absolute Gasteiger partial charge is 0.234 e. The van der Waals surface area contributed by atoms with Crippen molar-refractivity contribution < 1.29 is 14.3 Å². The Kier molecular flexibility index (Phi) is 4.25. The zero-order valence-electron chi connectivity index (χ0n) is 17.3. The number of hydrogen-bond donors (Lipinski definition) is 0. The van der Waals surface area contributed by atoms with Crippen molar-refractivity contribution in [3.63, 3.8) is 0 Å². The van der Waals surface area contributed by atoms with Crippen LogP contribution in [0.15, 0.2) is 48.9 Å². The van der Waals surface area contributed by atoms with Gasteiger partial charge in [-0.2, -0.15) is 0 Å². The van der Waals surface area contributed by atoms with E-state index in [9.17, 15) is 9.59 Å². The van der Waals surface area contributed by atoms with Crippen LogP contribution in [0.25, 0.3) is 0 Å². The summed E-state index contributed by atoms with van der Waals surface area (Å²) < 4.78 is 6.25. The largest absolute Gasteiger partial charge is 0.360 e. The quantitative estimate of drug-likeness (QED) is 0.729. The van der Waals surface area contributed by atoms with Gasteiger partial charge in [-0.1, -0.05) is 18.2 Å². The molecule has 1 aromatic carbocycles. The maximum Gasteiger partial charge on any atom is 0.234 e. The normalized spacial score (nSPS) is 28.8. The minimum Gasteiger partial charge on any atom is -0.360 e. The maximum absolute atomic E-state index is 13.5. The van der Waals surface area contributed by atoms with Crippen LogP contribution in [0.3, 0.4) is 0 Å². The number of hydrogen-bond acceptors (Lipinski definition) is 5. The Labute approximate surface area is 175 Å². The van der Waals surface area contributed by atoms with E-state index in [1.54, 1.807) is 29.1 Å². The number of carbonyl (C=O) groups excluding carboxylic acids is 2. The molecular weight excluding hydrogens is 380 g/mol. The number of rotatable bonds is 4. The van der Waals surface area contributed by atoms with Crippen molar-refractivity contribution in [1.29, 1.82) is 0 Å². The van der Waals surface area contributed by atoms with Gasteiger partial charge in [-0.3, -0.25) is 9.59 Å². The zero-order valence-corrected chi connectivity index (χ0v) is 17.3. The molecule has 0 N–H and O–H groups in total. The number of amides is 2. The Bertz CT molecular complexity index is 1050. The topological polar surface area (TPSA) is 75.6 Å². The molecule has 2 saturated heterocycles. The molecule has 30 heavy (non-hydrogen) atoms. The third kappa shape index (κ3) is 2.76. The average molecular weight is 404 g/mol. The standard InChI is InChI=1S/C23H24N4O3/c1-14-4-5-17(10-15(14)2)27-12-23-8-6-18(30-23)19(20(23)22(27)29)21(28)26(3)11-16-7-9-24-13-25-16/h4-10,13,18-20H,11-12H2,1-3H3/t18-,19-,20-,23-/m0/s1. The highest BCUT2D eigenvalue weighted by atomic mass is 16.5. The Balaban J connectivity index is 1.42. The van der Waals surface area contributed by atoms with Crippen molar-refractivity contribution in [2.45, 2.75) is 32.1 Å². The average Bonchev–Trinajstić information content (AvgIpc) is 3.38. The van der Waals surface area contributed by atoms with Gasteiger partial charge in [-0.05, 0) is 43.2 Å². The Hall–Kier alpha value is -3.06. The van der Waals surface area contributed by atoms with Gasteiger partial charge in [0, 0.05) is 18.9 Å². The van der Waals surface area contributed by atoms with Crippen molar-refractivity contribution in [1.82, 2.24) is 14.9 Å². The van der Waals surface area contributed by atoms with E-state index in [4.69, 9.17) is 4.74 Å². The first-order chi connectivity index (χ1) is 14.4. The van der Waals surface area contributed by atoms with Crippen molar-refractivity contribution in [2.75, 3.05) is 18.5 Å². The summed E-state index contributed by atoms with van der Waals surface area (Å²) in [6.45, 7) is 4.89. The minimum absolute atomic E-state index is 0.0427. The molecule has 0 radical (unpaired) electrons. The summed E-state index contributed by atoms with van der Waals surface area (Å²) in [5.74, 6) is -1.16. The van der Waals surface area contributed by atoms with Crippen molar-refractivity contribution in [3.05, 3.63) is 65.8 Å². The lowest BCUT2D eigenvalue weighted by atomic mass is 9.76. The fraction of sp³-hybridized carbons (Fsp3) is 0.391. The second-order valence-corrected chi connectivity index (χ2v) is 8.49. The number of carbonyl (C=O) groups is 2. The van der Waals surface area contributed by atoms with Gasteiger partial charge in [0.1, 0.15) is 11.9 Å². The van der Waals surface area contributed by atoms with Crippen molar-refractivity contribution in [2.24, 2.45) is 11.8 Å². The maximum atomic E-state index is 13.5. The highest BCUT2D eigenvalue weighted by Crippen LogP contribution is 2.53. The highest BCUT2D eigenvalue weighted by Gasteiger charge is 2.67. The van der Waals surface area contributed by atoms with Gasteiger partial charge in [0.25, 0.3) is 0 Å². The Morgan fingerprint density at radius 2 is 2.13 bits per heavy atom. The fourth-order valence-corrected chi connectivity index (χ4v) is 4.88. The van der Waals surface area contributed by atoms with Crippen molar-refractivity contribution >= 4 is 17.5 Å². The molecule has 2 fully saturated rings. The predicted octanol–water partition coefficient (Wildman–Crippen LogP) is 2.04. The summed E-state index contributed by atoms with van der Waals surface area (Å²) in [6.07, 6.45) is 6.68. The van der Waals surface area contributed by atoms with Crippen LogP contribution in [0.4, 0.5) is 5.69 Å². The number of fused-ring (bicyclic) bond motifs is 1. The molecule has 1 aromatic heterocycles. The molecule has 154 valence electrons. The van der Waals surface area contributed by atoms with Gasteiger partial charge in [-0.15, -0.1) is 0 Å². The van der Waals surface area contributed by atoms with Gasteiger partial charge in [-0.25, -0.2) is 9.97 Å². The molecule has 2 aromatic rings. The monoisotopic (exact) mass is 404 g/mol. The van der Waals surface area contributed by atoms with E-state index in [2.05, 4.69) is 9.97 Å². The molecular formula is C23H24N4O3. The van der Waals surface area contributed by atoms with Crippen LogP contribution >= 0.6 is 0 Å². The molecule has 2 bridgehead atoms. The summed E-state index contributed by atoms with van der Waals surface area (Å²) >= 11 is 0. The molecule has 2 amide bonds. The second kappa shape index (κ2) is 6.74. The van der Waals surface area contributed by atoms with E-state index >= 15 is 0 Å². The first-order valence-electron chi connectivity index (χ1n) is 10.2. The van der Waals surface area contributed by atoms with Crippen LogP contribution in [0.1, 0.15) is 16.8 Å². The van der Waals surface area contributed by atoms with Crippen LogP contribution < -0.4 is 4.90 Å². The number of aromatic nitrogens is 2. The summed E-state index contributed by atoms with van der Waals surface area (Å²) in [7, 11) is 1.74. The van der Waals surface area contributed by atoms with Crippen LogP contribution in [-0.4, -0.2) is 52.0 Å². The van der Waals surface area contributed by atoms with E-state index in [1.165, 1.54) is 11.9 Å². The summed E-state index contributed by atoms with van der Waals surface area (Å²) in [5.41, 5.74) is 3.20. The highest BCUT2D eigenvalue weighted by molar-refractivity contribution is 6.03. The molecule has 4 heterocycles. The van der Waals surface area contributed by atoms with Gasteiger partial charge < -0.3 is 14.5 Å². The first-order valence-corrected chi connectivity index (χ1v) is 10.2. The number of aryl methyl sites for hydroxylation is 2. The lowest BCUT2D eigenvalue weighted by Crippen LogP contribution is -2.44. The predicted molar refractivity (Wildman–Crippen MR) is 110 cm³/mol. The third-order valence-electron chi connectivity index (χ3n) is 6.61. The summed E-state index contributed by atoms with van der Waals surface area (Å²) in [4.78, 5) is 38.4. The van der Waals surface area contributed by atoms with E-state index < -0.39 is 17.4 Å². The van der Waals surface area contributed by atoms with Crippen LogP contribution in [0, 0.1) is 25.7 Å². The molecule has 5 rings (SSSR count). The summed E-state index contributed by atoms with van der Waals surface area (Å²) in [5, 5.41) is 0. The Morgan fingerprint density at radius 1 is 1.30 bits per heavy atom. The number of nitrogens with zero attached hydrogens (tertiary/aromatic N) is 4. The molecule has 0 saturated carbocycles. The third-order valence-corrected chi connectivity index (χ3v) is 6.61. The SMILES string of the molecule is Cc1ccc(N2C[C@]34C=C[C@H](O3)[C@H](C(=O)N(C)Cc3ccncn3)[C@H]4C2=O)cc1C. The Morgan fingerprint density at radius 3 is 2.87 bits per heavy atom. The van der Waals surface area contributed by atoms with Crippen LogP contribution in [0.2, 0.25) is 0 Å². The van der Waals surface area contributed by atoms with Gasteiger partial charge in [0.05, 0.1) is 36.7 Å². The van der Waals surface area contributed by atoms with Gasteiger partial charge >= 0.3 is 0 Å². The van der Waals surface area contributed by atoms with Crippen molar-refractivity contribution in [3.8, 4) is 0 Å². The van der Waals surface area contributed by atoms with E-state index in [0.29, 0.717) is 13.1 Å². The van der Waals surface area contributed by atoms with E-state index in [0.717, 1.165) is 16.9 Å². The molecule has 7 nitrogen and oxygen atoms in total. The fourth-order valence-electron chi connectivity index (χ4n) is 4.88. The summed E-state index contributed by atoms with van der Waals surface area (Å²) in [6, 6.07) is 7.80.